The lowest BCUT2D eigenvalue weighted by Crippen LogP contribution is -2.30. The van der Waals surface area contributed by atoms with E-state index in [-0.39, 0.29) is 5.56 Å². The molecule has 9 heteroatoms. The van der Waals surface area contributed by atoms with Crippen molar-refractivity contribution in [3.05, 3.63) is 54.1 Å². The average Bonchev–Trinajstić information content (AvgIpc) is 2.62. The lowest BCUT2D eigenvalue weighted by atomic mass is 10.2. The Labute approximate surface area is 159 Å². The summed E-state index contributed by atoms with van der Waals surface area (Å²) < 4.78 is 50.6. The van der Waals surface area contributed by atoms with Crippen LogP contribution in [-0.2, 0) is 9.53 Å². The summed E-state index contributed by atoms with van der Waals surface area (Å²) >= 11 is 0. The standard InChI is InChI=1S/C19H18F3NO5/c1-3-26-16-7-5-4-6-15(16)23-17(24)12(2)27-18(25)13-8-10-14(11-9-13)28-19(20,21)22/h4-12H,3H2,1-2H3,(H,23,24)/t12-/m1/s1. The van der Waals surface area contributed by atoms with Crippen LogP contribution < -0.4 is 14.8 Å². The summed E-state index contributed by atoms with van der Waals surface area (Å²) in [6.45, 7) is 3.58. The molecule has 0 aromatic heterocycles. The van der Waals surface area contributed by atoms with Gasteiger partial charge in [-0.25, -0.2) is 4.79 Å². The van der Waals surface area contributed by atoms with E-state index in [1.54, 1.807) is 31.2 Å². The number of ether oxygens (including phenoxy) is 3. The number of hydrogen-bond donors (Lipinski definition) is 1. The van der Waals surface area contributed by atoms with Crippen LogP contribution in [0.4, 0.5) is 18.9 Å². The Kier molecular flexibility index (Phi) is 6.86. The number of esters is 1. The maximum absolute atomic E-state index is 12.3. The van der Waals surface area contributed by atoms with E-state index in [4.69, 9.17) is 9.47 Å². The van der Waals surface area contributed by atoms with E-state index in [1.807, 2.05) is 0 Å². The van der Waals surface area contributed by atoms with E-state index in [2.05, 4.69) is 10.1 Å². The number of hydrogen-bond acceptors (Lipinski definition) is 5. The molecule has 6 nitrogen and oxygen atoms in total. The number of halogens is 3. The molecule has 150 valence electrons. The largest absolute Gasteiger partial charge is 0.573 e. The summed E-state index contributed by atoms with van der Waals surface area (Å²) in [5, 5.41) is 2.60. The van der Waals surface area contributed by atoms with Crippen LogP contribution in [0.1, 0.15) is 24.2 Å². The number of carbonyl (C=O) groups excluding carboxylic acids is 2. The summed E-state index contributed by atoms with van der Waals surface area (Å²) in [5.74, 6) is -1.45. The zero-order valence-electron chi connectivity index (χ0n) is 15.1. The lowest BCUT2D eigenvalue weighted by molar-refractivity contribution is -0.274. The Morgan fingerprint density at radius 2 is 1.71 bits per heavy atom. The van der Waals surface area contributed by atoms with E-state index in [0.717, 1.165) is 24.3 Å². The topological polar surface area (TPSA) is 73.9 Å². The van der Waals surface area contributed by atoms with Crippen LogP contribution >= 0.6 is 0 Å². The van der Waals surface area contributed by atoms with Gasteiger partial charge >= 0.3 is 12.3 Å². The van der Waals surface area contributed by atoms with Gasteiger partial charge in [0.2, 0.25) is 0 Å². The minimum atomic E-state index is -4.83. The SMILES string of the molecule is CCOc1ccccc1NC(=O)[C@@H](C)OC(=O)c1ccc(OC(F)(F)F)cc1. The summed E-state index contributed by atoms with van der Waals surface area (Å²) in [6, 6.07) is 10.9. The molecule has 1 N–H and O–H groups in total. The molecule has 0 heterocycles. The van der Waals surface area contributed by atoms with E-state index in [9.17, 15) is 22.8 Å². The zero-order chi connectivity index (χ0) is 20.7. The van der Waals surface area contributed by atoms with Crippen molar-refractivity contribution >= 4 is 17.6 Å². The van der Waals surface area contributed by atoms with Gasteiger partial charge in [0, 0.05) is 0 Å². The van der Waals surface area contributed by atoms with Gasteiger partial charge in [0.15, 0.2) is 6.10 Å². The molecule has 28 heavy (non-hydrogen) atoms. The molecule has 2 rings (SSSR count). The highest BCUT2D eigenvalue weighted by atomic mass is 19.4. The van der Waals surface area contributed by atoms with Crippen LogP contribution in [0.5, 0.6) is 11.5 Å². The van der Waals surface area contributed by atoms with Crippen molar-refractivity contribution in [2.45, 2.75) is 26.3 Å². The number of alkyl halides is 3. The highest BCUT2D eigenvalue weighted by molar-refractivity contribution is 5.98. The molecule has 0 aliphatic rings. The Morgan fingerprint density at radius 3 is 2.32 bits per heavy atom. The summed E-state index contributed by atoms with van der Waals surface area (Å²) in [5.41, 5.74) is 0.398. The van der Waals surface area contributed by atoms with E-state index < -0.39 is 30.1 Å². The smallest absolute Gasteiger partial charge is 0.492 e. The summed E-state index contributed by atoms with van der Waals surface area (Å²) in [7, 11) is 0. The second-order valence-corrected chi connectivity index (χ2v) is 5.54. The van der Waals surface area contributed by atoms with Gasteiger partial charge in [0.05, 0.1) is 17.9 Å². The molecule has 0 saturated carbocycles. The van der Waals surface area contributed by atoms with Crippen LogP contribution in [0.25, 0.3) is 0 Å². The zero-order valence-corrected chi connectivity index (χ0v) is 15.1. The molecule has 0 unspecified atom stereocenters. The number of carbonyl (C=O) groups is 2. The predicted molar refractivity (Wildman–Crippen MR) is 94.2 cm³/mol. The molecule has 2 aromatic rings. The monoisotopic (exact) mass is 397 g/mol. The van der Waals surface area contributed by atoms with Gasteiger partial charge in [-0.3, -0.25) is 4.79 Å². The van der Waals surface area contributed by atoms with Gasteiger partial charge < -0.3 is 19.5 Å². The molecular formula is C19H18F3NO5. The first-order valence-corrected chi connectivity index (χ1v) is 8.29. The Bertz CT molecular complexity index is 821. The molecule has 0 saturated heterocycles. The molecule has 1 atom stereocenters. The molecule has 0 aliphatic carbocycles. The van der Waals surface area contributed by atoms with Gasteiger partial charge in [-0.1, -0.05) is 12.1 Å². The Hall–Kier alpha value is -3.23. The maximum atomic E-state index is 12.3. The molecular weight excluding hydrogens is 379 g/mol. The first kappa shape index (κ1) is 21.1. The number of amides is 1. The molecule has 0 radical (unpaired) electrons. The van der Waals surface area contributed by atoms with Gasteiger partial charge in [0.1, 0.15) is 11.5 Å². The van der Waals surface area contributed by atoms with Crippen molar-refractivity contribution in [2.75, 3.05) is 11.9 Å². The molecule has 0 aliphatic heterocycles. The van der Waals surface area contributed by atoms with Gasteiger partial charge in [0.25, 0.3) is 5.91 Å². The van der Waals surface area contributed by atoms with Crippen molar-refractivity contribution in [2.24, 2.45) is 0 Å². The molecule has 0 bridgehead atoms. The average molecular weight is 397 g/mol. The van der Waals surface area contributed by atoms with Crippen molar-refractivity contribution in [1.82, 2.24) is 0 Å². The fourth-order valence-corrected chi connectivity index (χ4v) is 2.16. The number of nitrogens with one attached hydrogen (secondary N) is 1. The van der Waals surface area contributed by atoms with Crippen LogP contribution in [-0.4, -0.2) is 30.9 Å². The highest BCUT2D eigenvalue weighted by Crippen LogP contribution is 2.25. The van der Waals surface area contributed by atoms with E-state index >= 15 is 0 Å². The first-order chi connectivity index (χ1) is 13.2. The second-order valence-electron chi connectivity index (χ2n) is 5.54. The third-order valence-electron chi connectivity index (χ3n) is 3.42. The number of anilines is 1. The van der Waals surface area contributed by atoms with Crippen molar-refractivity contribution in [1.29, 1.82) is 0 Å². The molecule has 1 amide bonds. The third kappa shape index (κ3) is 6.19. The number of rotatable bonds is 7. The van der Waals surface area contributed by atoms with E-state index in [1.165, 1.54) is 6.92 Å². The Balaban J connectivity index is 1.97. The lowest BCUT2D eigenvalue weighted by Gasteiger charge is -2.16. The van der Waals surface area contributed by atoms with Gasteiger partial charge in [-0.2, -0.15) is 0 Å². The third-order valence-corrected chi connectivity index (χ3v) is 3.42. The highest BCUT2D eigenvalue weighted by Gasteiger charge is 2.31. The number of benzene rings is 2. The quantitative estimate of drug-likeness (QED) is 0.710. The fraction of sp³-hybridized carbons (Fsp3) is 0.263. The Morgan fingerprint density at radius 1 is 1.07 bits per heavy atom. The minimum absolute atomic E-state index is 0.0242. The first-order valence-electron chi connectivity index (χ1n) is 8.29. The number of para-hydroxylation sites is 2. The normalized spacial score (nSPS) is 12.0. The van der Waals surface area contributed by atoms with Gasteiger partial charge in [-0.05, 0) is 50.2 Å². The minimum Gasteiger partial charge on any atom is -0.492 e. The summed E-state index contributed by atoms with van der Waals surface area (Å²) in [4.78, 5) is 24.3. The fourth-order valence-electron chi connectivity index (χ4n) is 2.16. The van der Waals surface area contributed by atoms with Crippen molar-refractivity contribution < 1.29 is 37.0 Å². The van der Waals surface area contributed by atoms with Crippen molar-refractivity contribution in [3.8, 4) is 11.5 Å². The van der Waals surface area contributed by atoms with E-state index in [0.29, 0.717) is 18.0 Å². The molecule has 0 fully saturated rings. The second kappa shape index (κ2) is 9.12. The summed E-state index contributed by atoms with van der Waals surface area (Å²) in [6.07, 6.45) is -5.97. The van der Waals surface area contributed by atoms with Crippen molar-refractivity contribution in [3.63, 3.8) is 0 Å². The van der Waals surface area contributed by atoms with Crippen LogP contribution in [0, 0.1) is 0 Å². The predicted octanol–water partition coefficient (Wildman–Crippen LogP) is 4.17. The maximum Gasteiger partial charge on any atom is 0.573 e. The molecule has 0 spiro atoms. The van der Waals surface area contributed by atoms with Crippen LogP contribution in [0.3, 0.4) is 0 Å². The van der Waals surface area contributed by atoms with Gasteiger partial charge in [-0.15, -0.1) is 13.2 Å². The van der Waals surface area contributed by atoms with Crippen LogP contribution in [0.2, 0.25) is 0 Å². The van der Waals surface area contributed by atoms with Crippen LogP contribution in [0.15, 0.2) is 48.5 Å². The molecule has 2 aromatic carbocycles.